The Morgan fingerprint density at radius 2 is 1.87 bits per heavy atom. The van der Waals surface area contributed by atoms with E-state index < -0.39 is 6.04 Å². The Kier molecular flexibility index (Phi) is 6.57. The number of thiazole rings is 1. The summed E-state index contributed by atoms with van der Waals surface area (Å²) in [6.45, 7) is 3.53. The van der Waals surface area contributed by atoms with Gasteiger partial charge in [-0.25, -0.2) is 4.98 Å². The fourth-order valence-electron chi connectivity index (χ4n) is 3.86. The largest absolute Gasteiger partial charge is 0.393 e. The molecule has 6 heteroatoms. The summed E-state index contributed by atoms with van der Waals surface area (Å²) in [5, 5.41) is 15.5. The van der Waals surface area contributed by atoms with Gasteiger partial charge in [0, 0.05) is 24.0 Å². The zero-order valence-electron chi connectivity index (χ0n) is 17.1. The molecule has 1 aliphatic heterocycles. The van der Waals surface area contributed by atoms with Crippen LogP contribution in [0.5, 0.6) is 0 Å². The van der Waals surface area contributed by atoms with Gasteiger partial charge in [-0.05, 0) is 30.4 Å². The second-order valence-electron chi connectivity index (χ2n) is 7.66. The van der Waals surface area contributed by atoms with Gasteiger partial charge < -0.3 is 10.4 Å². The number of nitrogens with zero attached hydrogens (tertiary/aromatic N) is 2. The first-order valence-electron chi connectivity index (χ1n) is 10.5. The lowest BCUT2D eigenvalue weighted by atomic mass is 10.00. The van der Waals surface area contributed by atoms with Crippen LogP contribution in [-0.4, -0.2) is 40.1 Å². The van der Waals surface area contributed by atoms with Gasteiger partial charge in [0.2, 0.25) is 5.91 Å². The maximum atomic E-state index is 13.3. The molecule has 2 aromatic carbocycles. The molecule has 2 heterocycles. The van der Waals surface area contributed by atoms with Crippen LogP contribution in [0.15, 0.2) is 60.0 Å². The number of aliphatic hydroxyl groups excluding tert-OH is 1. The van der Waals surface area contributed by atoms with Crippen molar-refractivity contribution in [3.05, 3.63) is 71.1 Å². The molecule has 0 saturated carbocycles. The monoisotopic (exact) mass is 421 g/mol. The molecular weight excluding hydrogens is 394 g/mol. The van der Waals surface area contributed by atoms with Crippen molar-refractivity contribution >= 4 is 22.4 Å². The molecule has 0 bridgehead atoms. The van der Waals surface area contributed by atoms with E-state index in [2.05, 4.69) is 46.4 Å². The van der Waals surface area contributed by atoms with Gasteiger partial charge in [0.1, 0.15) is 6.04 Å². The van der Waals surface area contributed by atoms with E-state index in [1.165, 1.54) is 16.9 Å². The average molecular weight is 422 g/mol. The van der Waals surface area contributed by atoms with E-state index in [4.69, 9.17) is 0 Å². The van der Waals surface area contributed by atoms with Crippen LogP contribution in [0.25, 0.3) is 11.3 Å². The van der Waals surface area contributed by atoms with Crippen LogP contribution in [0, 0.1) is 0 Å². The highest BCUT2D eigenvalue weighted by Crippen LogP contribution is 2.29. The summed E-state index contributed by atoms with van der Waals surface area (Å²) in [6, 6.07) is 17.8. The molecule has 1 saturated heterocycles. The van der Waals surface area contributed by atoms with Crippen molar-refractivity contribution in [2.75, 3.05) is 18.4 Å². The third-order valence-corrected chi connectivity index (χ3v) is 6.38. The minimum Gasteiger partial charge on any atom is -0.393 e. The van der Waals surface area contributed by atoms with Crippen LogP contribution in [0.3, 0.4) is 0 Å². The Labute approximate surface area is 181 Å². The zero-order valence-corrected chi connectivity index (χ0v) is 17.9. The molecule has 1 fully saturated rings. The first-order valence-corrected chi connectivity index (χ1v) is 11.3. The fourth-order valence-corrected chi connectivity index (χ4v) is 4.58. The number of piperidine rings is 1. The van der Waals surface area contributed by atoms with Crippen LogP contribution in [0.1, 0.15) is 36.9 Å². The molecule has 5 nitrogen and oxygen atoms in total. The molecule has 0 spiro atoms. The number of benzene rings is 2. The summed E-state index contributed by atoms with van der Waals surface area (Å²) in [6.07, 6.45) is 2.10. The molecule has 1 atom stereocenters. The van der Waals surface area contributed by atoms with Crippen molar-refractivity contribution in [1.82, 2.24) is 9.88 Å². The summed E-state index contributed by atoms with van der Waals surface area (Å²) < 4.78 is 0. The second kappa shape index (κ2) is 9.51. The van der Waals surface area contributed by atoms with Gasteiger partial charge in [-0.15, -0.1) is 11.3 Å². The number of amides is 1. The zero-order chi connectivity index (χ0) is 20.9. The highest BCUT2D eigenvalue weighted by Gasteiger charge is 2.31. The quantitative estimate of drug-likeness (QED) is 0.615. The SMILES string of the molecule is CCc1ccc(-c2csc(NC(=O)[C@@H](c3ccccc3)N3CCC(O)CC3)n2)cc1. The number of nitrogens with one attached hydrogen (secondary N) is 1. The predicted octanol–water partition coefficient (Wildman–Crippen LogP) is 4.51. The molecule has 1 aromatic heterocycles. The molecule has 0 radical (unpaired) electrons. The van der Waals surface area contributed by atoms with Crippen LogP contribution in [-0.2, 0) is 11.2 Å². The number of carbonyl (C=O) groups excluding carboxylic acids is 1. The molecule has 1 aliphatic rings. The van der Waals surface area contributed by atoms with Gasteiger partial charge in [0.05, 0.1) is 11.8 Å². The fraction of sp³-hybridized carbons (Fsp3) is 0.333. The molecule has 2 N–H and O–H groups in total. The molecule has 4 rings (SSSR count). The highest BCUT2D eigenvalue weighted by atomic mass is 32.1. The Morgan fingerprint density at radius 3 is 2.53 bits per heavy atom. The van der Waals surface area contributed by atoms with Gasteiger partial charge in [-0.3, -0.25) is 9.69 Å². The number of anilines is 1. The predicted molar refractivity (Wildman–Crippen MR) is 122 cm³/mol. The topological polar surface area (TPSA) is 65.5 Å². The summed E-state index contributed by atoms with van der Waals surface area (Å²) in [5.74, 6) is -0.0835. The van der Waals surface area contributed by atoms with E-state index in [1.807, 2.05) is 35.7 Å². The standard InChI is InChI=1S/C24H27N3O2S/c1-2-17-8-10-18(11-9-17)21-16-30-24(25-21)26-23(29)22(19-6-4-3-5-7-19)27-14-12-20(28)13-15-27/h3-11,16,20,22,28H,2,12-15H2,1H3,(H,25,26,29)/t22-/m1/s1. The minimum absolute atomic E-state index is 0.0835. The number of hydrogen-bond acceptors (Lipinski definition) is 5. The number of aliphatic hydroxyl groups is 1. The van der Waals surface area contributed by atoms with E-state index in [9.17, 15) is 9.90 Å². The maximum Gasteiger partial charge on any atom is 0.248 e. The summed E-state index contributed by atoms with van der Waals surface area (Å²) in [4.78, 5) is 20.1. The third-order valence-electron chi connectivity index (χ3n) is 5.62. The summed E-state index contributed by atoms with van der Waals surface area (Å²) in [7, 11) is 0. The van der Waals surface area contributed by atoms with Crippen molar-refractivity contribution < 1.29 is 9.90 Å². The first kappa shape index (κ1) is 20.7. The average Bonchev–Trinajstić information content (AvgIpc) is 3.24. The van der Waals surface area contributed by atoms with Crippen LogP contribution >= 0.6 is 11.3 Å². The number of likely N-dealkylation sites (tertiary alicyclic amines) is 1. The lowest BCUT2D eigenvalue weighted by Gasteiger charge is -2.35. The lowest BCUT2D eigenvalue weighted by Crippen LogP contribution is -2.43. The number of aromatic nitrogens is 1. The molecule has 0 aliphatic carbocycles. The number of aryl methyl sites for hydroxylation is 1. The molecule has 3 aromatic rings. The smallest absolute Gasteiger partial charge is 0.248 e. The lowest BCUT2D eigenvalue weighted by molar-refractivity contribution is -0.122. The molecule has 156 valence electrons. The van der Waals surface area contributed by atoms with E-state index >= 15 is 0 Å². The van der Waals surface area contributed by atoms with Gasteiger partial charge in [-0.2, -0.15) is 0 Å². The van der Waals surface area contributed by atoms with Gasteiger partial charge in [0.15, 0.2) is 5.13 Å². The normalized spacial score (nSPS) is 16.3. The number of rotatable bonds is 6. The van der Waals surface area contributed by atoms with E-state index in [0.717, 1.165) is 23.2 Å². The third kappa shape index (κ3) is 4.78. The Balaban J connectivity index is 1.52. The number of carbonyl (C=O) groups is 1. The van der Waals surface area contributed by atoms with Crippen LogP contribution in [0.2, 0.25) is 0 Å². The molecular formula is C24H27N3O2S. The van der Waals surface area contributed by atoms with Crippen molar-refractivity contribution in [2.45, 2.75) is 38.3 Å². The van der Waals surface area contributed by atoms with Crippen LogP contribution < -0.4 is 5.32 Å². The van der Waals surface area contributed by atoms with Crippen molar-refractivity contribution in [3.8, 4) is 11.3 Å². The number of hydrogen-bond donors (Lipinski definition) is 2. The van der Waals surface area contributed by atoms with E-state index in [1.54, 1.807) is 0 Å². The Hall–Kier alpha value is -2.54. The van der Waals surface area contributed by atoms with Crippen molar-refractivity contribution in [3.63, 3.8) is 0 Å². The van der Waals surface area contributed by atoms with E-state index in [0.29, 0.717) is 31.1 Å². The first-order chi connectivity index (χ1) is 14.6. The molecule has 0 unspecified atom stereocenters. The van der Waals surface area contributed by atoms with Gasteiger partial charge in [-0.1, -0.05) is 61.5 Å². The molecule has 1 amide bonds. The summed E-state index contributed by atoms with van der Waals surface area (Å²) >= 11 is 1.44. The second-order valence-corrected chi connectivity index (χ2v) is 8.52. The van der Waals surface area contributed by atoms with Crippen LogP contribution in [0.4, 0.5) is 5.13 Å². The van der Waals surface area contributed by atoms with Crippen molar-refractivity contribution in [1.29, 1.82) is 0 Å². The van der Waals surface area contributed by atoms with E-state index in [-0.39, 0.29) is 12.0 Å². The van der Waals surface area contributed by atoms with Crippen molar-refractivity contribution in [2.24, 2.45) is 0 Å². The Bertz CT molecular complexity index is 964. The maximum absolute atomic E-state index is 13.3. The molecule has 30 heavy (non-hydrogen) atoms. The summed E-state index contributed by atoms with van der Waals surface area (Å²) in [5.41, 5.74) is 4.17. The Morgan fingerprint density at radius 1 is 1.17 bits per heavy atom. The minimum atomic E-state index is -0.394. The highest BCUT2D eigenvalue weighted by molar-refractivity contribution is 7.14. The van der Waals surface area contributed by atoms with Gasteiger partial charge in [0.25, 0.3) is 0 Å². The van der Waals surface area contributed by atoms with Gasteiger partial charge >= 0.3 is 0 Å².